The molecule has 0 unspecified atom stereocenters. The minimum Gasteiger partial charge on any atom is -0.456 e. The van der Waals surface area contributed by atoms with Crippen LogP contribution in [0.4, 0.5) is 0 Å². The summed E-state index contributed by atoms with van der Waals surface area (Å²) in [5.74, 6) is 0.109. The molecule has 3 aliphatic carbocycles. The molecule has 4 heteroatoms. The minimum atomic E-state index is 0.0503. The van der Waals surface area contributed by atoms with E-state index in [2.05, 4.69) is 221 Å². The topological polar surface area (TPSA) is 36.1 Å². The maximum absolute atomic E-state index is 6.67. The van der Waals surface area contributed by atoms with Crippen LogP contribution in [0.5, 0.6) is 0 Å². The van der Waals surface area contributed by atoms with E-state index in [0.29, 0.717) is 0 Å². The first-order valence-corrected chi connectivity index (χ1v) is 25.0. The molecule has 0 radical (unpaired) electrons. The lowest BCUT2D eigenvalue weighted by Crippen LogP contribution is -2.29. The van der Waals surface area contributed by atoms with Crippen LogP contribution < -0.4 is 0 Å². The highest BCUT2D eigenvalue weighted by Gasteiger charge is 2.44. The molecule has 15 aromatic rings. The summed E-state index contributed by atoms with van der Waals surface area (Å²) in [6.45, 7) is 0. The van der Waals surface area contributed by atoms with Crippen molar-refractivity contribution in [2.75, 3.05) is 0 Å². The number of nitrogens with zero attached hydrogens (tertiary/aromatic N) is 2. The zero-order valence-electron chi connectivity index (χ0n) is 38.8. The molecule has 3 aliphatic rings. The molecular weight excluding hydrogens is 877 g/mol. The van der Waals surface area contributed by atoms with E-state index in [1.165, 1.54) is 93.9 Å². The molecule has 18 rings (SSSR count). The molecule has 334 valence electrons. The van der Waals surface area contributed by atoms with Crippen molar-refractivity contribution in [3.63, 3.8) is 0 Å². The fourth-order valence-electron chi connectivity index (χ4n) is 13.3. The second-order valence-corrected chi connectivity index (χ2v) is 19.8. The molecule has 0 aliphatic heterocycles. The zero-order chi connectivity index (χ0) is 46.8. The van der Waals surface area contributed by atoms with Crippen molar-refractivity contribution in [1.82, 2.24) is 9.13 Å². The molecule has 0 saturated carbocycles. The Morgan fingerprint density at radius 3 is 1.40 bits per heavy atom. The number of rotatable bonds is 4. The van der Waals surface area contributed by atoms with Gasteiger partial charge in [0.15, 0.2) is 5.58 Å². The fraction of sp³-hybridized carbons (Fsp3) is 0.0294. The van der Waals surface area contributed by atoms with Crippen molar-refractivity contribution in [3.8, 4) is 33.6 Å². The van der Waals surface area contributed by atoms with Gasteiger partial charge in [0.1, 0.15) is 16.7 Å². The van der Waals surface area contributed by atoms with Gasteiger partial charge < -0.3 is 18.0 Å². The van der Waals surface area contributed by atoms with Gasteiger partial charge in [-0.25, -0.2) is 0 Å². The average molecular weight is 917 g/mol. The first-order valence-electron chi connectivity index (χ1n) is 25.0. The number of fused-ring (bicyclic) bond motifs is 12. The van der Waals surface area contributed by atoms with Crippen LogP contribution in [0.25, 0.3) is 121 Å². The number of para-hydroxylation sites is 5. The summed E-state index contributed by atoms with van der Waals surface area (Å²) in [6, 6.07) is 85.1. The third-order valence-corrected chi connectivity index (χ3v) is 16.3. The number of hydrogen-bond acceptors (Lipinski definition) is 2. The smallest absolute Gasteiger partial charge is 0.159 e. The Kier molecular flexibility index (Phi) is 7.55. The Bertz CT molecular complexity index is 4800. The van der Waals surface area contributed by atoms with E-state index in [0.717, 1.165) is 60.6 Å². The van der Waals surface area contributed by atoms with Crippen molar-refractivity contribution >= 4 is 87.5 Å². The normalized spacial score (nSPS) is 14.9. The molecule has 72 heavy (non-hydrogen) atoms. The van der Waals surface area contributed by atoms with Gasteiger partial charge in [0, 0.05) is 54.9 Å². The lowest BCUT2D eigenvalue weighted by atomic mass is 9.59. The van der Waals surface area contributed by atoms with Gasteiger partial charge in [0.25, 0.3) is 0 Å². The second kappa shape index (κ2) is 14.1. The molecule has 0 amide bonds. The minimum absolute atomic E-state index is 0.0503. The first kappa shape index (κ1) is 38.5. The number of aromatic nitrogens is 2. The van der Waals surface area contributed by atoms with Crippen LogP contribution in [-0.4, -0.2) is 9.13 Å². The molecule has 0 spiro atoms. The van der Waals surface area contributed by atoms with Gasteiger partial charge in [-0.1, -0.05) is 158 Å². The van der Waals surface area contributed by atoms with Crippen LogP contribution in [0, 0.1) is 0 Å². The SMILES string of the molecule is c1ccc2c(c1)C1c3ccccc3C2c2c(-n3c4ccccc4c4cc(-c5ccc6oc7ccccc7c6c5)ccc43)ccc(-c3ccc4c(c3)c3ccccc3n4-c3cccc4c3oc3ccccc34)c21. The van der Waals surface area contributed by atoms with Gasteiger partial charge in [-0.05, 0) is 128 Å². The third-order valence-electron chi connectivity index (χ3n) is 16.3. The Morgan fingerprint density at radius 2 is 0.736 bits per heavy atom. The van der Waals surface area contributed by atoms with Crippen LogP contribution >= 0.6 is 0 Å². The quantitative estimate of drug-likeness (QED) is 0.176. The van der Waals surface area contributed by atoms with E-state index < -0.39 is 0 Å². The second-order valence-electron chi connectivity index (χ2n) is 19.8. The van der Waals surface area contributed by atoms with Gasteiger partial charge in [0.2, 0.25) is 0 Å². The van der Waals surface area contributed by atoms with Crippen LogP contribution in [-0.2, 0) is 0 Å². The molecule has 0 saturated heterocycles. The Morgan fingerprint density at radius 1 is 0.278 bits per heavy atom. The van der Waals surface area contributed by atoms with Crippen molar-refractivity contribution in [2.24, 2.45) is 0 Å². The molecule has 0 atom stereocenters. The highest BCUT2D eigenvalue weighted by atomic mass is 16.3. The Balaban J connectivity index is 0.906. The molecular formula is C68H40N2O2. The monoisotopic (exact) mass is 916 g/mol. The molecule has 4 nitrogen and oxygen atoms in total. The van der Waals surface area contributed by atoms with Gasteiger partial charge in [0.05, 0.1) is 33.4 Å². The highest BCUT2D eigenvalue weighted by molar-refractivity contribution is 6.15. The number of benzene rings is 11. The summed E-state index contributed by atoms with van der Waals surface area (Å²) in [5, 5.41) is 9.44. The molecule has 0 fully saturated rings. The van der Waals surface area contributed by atoms with Crippen LogP contribution in [0.2, 0.25) is 0 Å². The average Bonchev–Trinajstić information content (AvgIpc) is 4.20. The van der Waals surface area contributed by atoms with Gasteiger partial charge in [-0.15, -0.1) is 0 Å². The summed E-state index contributed by atoms with van der Waals surface area (Å²) in [5.41, 5.74) is 23.8. The van der Waals surface area contributed by atoms with E-state index in [4.69, 9.17) is 8.83 Å². The standard InChI is InChI=1S/C68H40N2O2/c1-3-20-49-47(18-1)64-48-19-2-4-21-50(48)65(49)67-59(69-55-23-9-5-14-43(55)52-36-39(28-32-57(52)69)40-30-35-63-54(37-40)46-17-8-11-26-61(46)71-63)34-31-42(66(64)67)41-29-33-58-53(38-41)44-15-6-10-24-56(44)70(58)60-25-13-22-51-45-16-7-12-27-62(45)72-68(51)60/h1-38,64-65H. The third kappa shape index (κ3) is 5.05. The predicted octanol–water partition coefficient (Wildman–Crippen LogP) is 18.0. The van der Waals surface area contributed by atoms with E-state index in [9.17, 15) is 0 Å². The van der Waals surface area contributed by atoms with Crippen molar-refractivity contribution in [1.29, 1.82) is 0 Å². The highest BCUT2D eigenvalue weighted by Crippen LogP contribution is 2.60. The Labute approximate surface area is 412 Å². The lowest BCUT2D eigenvalue weighted by molar-refractivity contribution is 0.666. The fourth-order valence-corrected chi connectivity index (χ4v) is 13.3. The van der Waals surface area contributed by atoms with Crippen molar-refractivity contribution < 1.29 is 8.83 Å². The number of furan rings is 2. The molecule has 4 aromatic heterocycles. The van der Waals surface area contributed by atoms with Gasteiger partial charge in [-0.3, -0.25) is 0 Å². The molecule has 0 N–H and O–H groups in total. The summed E-state index contributed by atoms with van der Waals surface area (Å²) in [4.78, 5) is 0. The number of hydrogen-bond donors (Lipinski definition) is 0. The van der Waals surface area contributed by atoms with Crippen LogP contribution in [0.3, 0.4) is 0 Å². The summed E-state index contributed by atoms with van der Waals surface area (Å²) < 4.78 is 17.9. The lowest BCUT2D eigenvalue weighted by Gasteiger charge is -2.44. The zero-order valence-corrected chi connectivity index (χ0v) is 38.8. The summed E-state index contributed by atoms with van der Waals surface area (Å²) in [7, 11) is 0. The molecule has 11 aromatic carbocycles. The van der Waals surface area contributed by atoms with Crippen LogP contribution in [0.15, 0.2) is 239 Å². The van der Waals surface area contributed by atoms with Crippen molar-refractivity contribution in [3.05, 3.63) is 264 Å². The maximum atomic E-state index is 6.67. The maximum Gasteiger partial charge on any atom is 0.159 e. The van der Waals surface area contributed by atoms with Crippen molar-refractivity contribution in [2.45, 2.75) is 11.8 Å². The summed E-state index contributed by atoms with van der Waals surface area (Å²) >= 11 is 0. The van der Waals surface area contributed by atoms with E-state index >= 15 is 0 Å². The van der Waals surface area contributed by atoms with Crippen LogP contribution in [0.1, 0.15) is 45.2 Å². The first-order chi connectivity index (χ1) is 35.7. The largest absolute Gasteiger partial charge is 0.456 e. The van der Waals surface area contributed by atoms with Gasteiger partial charge >= 0.3 is 0 Å². The van der Waals surface area contributed by atoms with E-state index in [1.807, 2.05) is 18.2 Å². The summed E-state index contributed by atoms with van der Waals surface area (Å²) in [6.07, 6.45) is 0. The Hall–Kier alpha value is -9.38. The molecule has 4 heterocycles. The molecule has 2 bridgehead atoms. The van der Waals surface area contributed by atoms with E-state index in [1.54, 1.807) is 0 Å². The predicted molar refractivity (Wildman–Crippen MR) is 295 cm³/mol. The van der Waals surface area contributed by atoms with Gasteiger partial charge in [-0.2, -0.15) is 0 Å². The van der Waals surface area contributed by atoms with E-state index in [-0.39, 0.29) is 11.8 Å².